The van der Waals surface area contributed by atoms with Gasteiger partial charge in [0.1, 0.15) is 11.5 Å². The summed E-state index contributed by atoms with van der Waals surface area (Å²) in [5, 5.41) is 0. The molecule has 0 spiro atoms. The van der Waals surface area contributed by atoms with Crippen molar-refractivity contribution in [1.82, 2.24) is 5.48 Å². The molecule has 0 saturated carbocycles. The molecule has 0 radical (unpaired) electrons. The number of nitrogens with one attached hydrogen (secondary N) is 1. The van der Waals surface area contributed by atoms with E-state index in [1.54, 1.807) is 0 Å². The van der Waals surface area contributed by atoms with Crippen molar-refractivity contribution in [2.75, 3.05) is 6.61 Å². The van der Waals surface area contributed by atoms with Crippen LogP contribution in [0.15, 0.2) is 36.5 Å². The zero-order valence-electron chi connectivity index (χ0n) is 13.5. The van der Waals surface area contributed by atoms with Crippen LogP contribution in [0, 0.1) is 0 Å². The lowest BCUT2D eigenvalue weighted by atomic mass is 10.2. The summed E-state index contributed by atoms with van der Waals surface area (Å²) in [6, 6.07) is 7.74. The van der Waals surface area contributed by atoms with Crippen molar-refractivity contribution in [2.24, 2.45) is 0 Å². The minimum Gasteiger partial charge on any atom is -0.491 e. The van der Waals surface area contributed by atoms with Gasteiger partial charge >= 0.3 is 0 Å². The Labute approximate surface area is 128 Å². The molecule has 1 aromatic carbocycles. The molecule has 0 saturated heterocycles. The molecule has 4 nitrogen and oxygen atoms in total. The van der Waals surface area contributed by atoms with Crippen LogP contribution in [0.25, 0.3) is 0 Å². The highest BCUT2D eigenvalue weighted by atomic mass is 16.6. The molecule has 0 fully saturated rings. The van der Waals surface area contributed by atoms with Gasteiger partial charge in [-0.2, -0.15) is 0 Å². The van der Waals surface area contributed by atoms with Crippen LogP contribution in [0.1, 0.15) is 40.5 Å². The van der Waals surface area contributed by atoms with Crippen LogP contribution < -0.4 is 15.0 Å². The standard InChI is InChI=1S/C17H27NO3/c1-6-14(4)20-16-7-9-17(10-8-16)21-15(5)11-12-19-18-13(2)3/h7-10,14-15,18H,2,6,11-12H2,1,3-5H3. The minimum atomic E-state index is 0.0817. The van der Waals surface area contributed by atoms with Crippen LogP contribution >= 0.6 is 0 Å². The topological polar surface area (TPSA) is 39.7 Å². The Morgan fingerprint density at radius 1 is 1.10 bits per heavy atom. The second-order valence-electron chi connectivity index (χ2n) is 5.26. The number of hydrogen-bond acceptors (Lipinski definition) is 4. The van der Waals surface area contributed by atoms with Gasteiger partial charge in [-0.25, -0.2) is 0 Å². The van der Waals surface area contributed by atoms with Gasteiger partial charge in [-0.1, -0.05) is 13.5 Å². The van der Waals surface area contributed by atoms with Crippen molar-refractivity contribution in [3.05, 3.63) is 36.5 Å². The Morgan fingerprint density at radius 2 is 1.62 bits per heavy atom. The van der Waals surface area contributed by atoms with Crippen molar-refractivity contribution >= 4 is 0 Å². The zero-order valence-corrected chi connectivity index (χ0v) is 13.5. The highest BCUT2D eigenvalue weighted by Crippen LogP contribution is 2.20. The summed E-state index contributed by atoms with van der Waals surface area (Å²) in [6.07, 6.45) is 2.10. The van der Waals surface area contributed by atoms with Crippen molar-refractivity contribution < 1.29 is 14.3 Å². The van der Waals surface area contributed by atoms with Crippen LogP contribution in [0.5, 0.6) is 11.5 Å². The van der Waals surface area contributed by atoms with Crippen molar-refractivity contribution in [2.45, 2.75) is 52.7 Å². The first-order valence-corrected chi connectivity index (χ1v) is 7.48. The van der Waals surface area contributed by atoms with Crippen LogP contribution in [0.4, 0.5) is 0 Å². The van der Waals surface area contributed by atoms with Gasteiger partial charge in [-0.05, 0) is 51.5 Å². The predicted octanol–water partition coefficient (Wildman–Crippen LogP) is 4.08. The lowest BCUT2D eigenvalue weighted by Crippen LogP contribution is -2.19. The van der Waals surface area contributed by atoms with Crippen molar-refractivity contribution in [3.63, 3.8) is 0 Å². The van der Waals surface area contributed by atoms with Crippen LogP contribution in [0.2, 0.25) is 0 Å². The molecule has 1 aromatic rings. The summed E-state index contributed by atoms with van der Waals surface area (Å²) in [6.45, 7) is 12.3. The average Bonchev–Trinajstić information content (AvgIpc) is 2.45. The molecule has 1 rings (SSSR count). The summed E-state index contributed by atoms with van der Waals surface area (Å²) in [7, 11) is 0. The second kappa shape index (κ2) is 9.29. The maximum Gasteiger partial charge on any atom is 0.119 e. The van der Waals surface area contributed by atoms with E-state index < -0.39 is 0 Å². The van der Waals surface area contributed by atoms with E-state index in [2.05, 4.69) is 25.9 Å². The Bertz CT molecular complexity index is 417. The molecule has 1 N–H and O–H groups in total. The number of hydrogen-bond donors (Lipinski definition) is 1. The second-order valence-corrected chi connectivity index (χ2v) is 5.26. The first kappa shape index (κ1) is 17.4. The summed E-state index contributed by atoms with van der Waals surface area (Å²) in [5.41, 5.74) is 3.52. The molecule has 0 heterocycles. The van der Waals surface area contributed by atoms with Gasteiger partial charge in [0, 0.05) is 12.1 Å². The third-order valence-electron chi connectivity index (χ3n) is 2.95. The first-order valence-electron chi connectivity index (χ1n) is 7.48. The molecule has 4 heteroatoms. The highest BCUT2D eigenvalue weighted by molar-refractivity contribution is 5.31. The number of ether oxygens (including phenoxy) is 2. The highest BCUT2D eigenvalue weighted by Gasteiger charge is 2.06. The fourth-order valence-electron chi connectivity index (χ4n) is 1.60. The van der Waals surface area contributed by atoms with E-state index in [1.807, 2.05) is 38.1 Å². The van der Waals surface area contributed by atoms with E-state index in [-0.39, 0.29) is 12.2 Å². The maximum atomic E-state index is 5.82. The van der Waals surface area contributed by atoms with Gasteiger partial charge in [-0.3, -0.25) is 10.3 Å². The predicted molar refractivity (Wildman–Crippen MR) is 85.4 cm³/mol. The minimum absolute atomic E-state index is 0.0817. The van der Waals surface area contributed by atoms with E-state index in [0.717, 1.165) is 30.0 Å². The van der Waals surface area contributed by atoms with E-state index in [0.29, 0.717) is 6.61 Å². The third kappa shape index (κ3) is 7.61. The molecule has 118 valence electrons. The number of hydroxylamine groups is 1. The number of benzene rings is 1. The SMILES string of the molecule is C=C(C)NOCCC(C)Oc1ccc(OC(C)CC)cc1. The van der Waals surface area contributed by atoms with E-state index >= 15 is 0 Å². The molecule has 2 atom stereocenters. The molecule has 21 heavy (non-hydrogen) atoms. The lowest BCUT2D eigenvalue weighted by Gasteiger charge is -2.16. The summed E-state index contributed by atoms with van der Waals surface area (Å²) >= 11 is 0. The number of allylic oxidation sites excluding steroid dienone is 1. The molecule has 0 aromatic heterocycles. The molecule has 0 bridgehead atoms. The van der Waals surface area contributed by atoms with Crippen molar-refractivity contribution in [3.8, 4) is 11.5 Å². The van der Waals surface area contributed by atoms with E-state index in [4.69, 9.17) is 14.3 Å². The van der Waals surface area contributed by atoms with Crippen LogP contribution in [-0.2, 0) is 4.84 Å². The van der Waals surface area contributed by atoms with Gasteiger partial charge in [0.25, 0.3) is 0 Å². The first-order chi connectivity index (χ1) is 10.0. The molecular formula is C17H27NO3. The Morgan fingerprint density at radius 3 is 2.10 bits per heavy atom. The number of rotatable bonds is 10. The smallest absolute Gasteiger partial charge is 0.119 e. The average molecular weight is 293 g/mol. The van der Waals surface area contributed by atoms with Gasteiger partial charge in [0.2, 0.25) is 0 Å². The largest absolute Gasteiger partial charge is 0.491 e. The molecule has 0 aliphatic heterocycles. The van der Waals surface area contributed by atoms with E-state index in [9.17, 15) is 0 Å². The van der Waals surface area contributed by atoms with Crippen LogP contribution in [-0.4, -0.2) is 18.8 Å². The molecule has 2 unspecified atom stereocenters. The van der Waals surface area contributed by atoms with Crippen LogP contribution in [0.3, 0.4) is 0 Å². The quantitative estimate of drug-likeness (QED) is 0.521. The molecular weight excluding hydrogens is 266 g/mol. The monoisotopic (exact) mass is 293 g/mol. The third-order valence-corrected chi connectivity index (χ3v) is 2.95. The Balaban J connectivity index is 2.32. The fraction of sp³-hybridized carbons (Fsp3) is 0.529. The maximum absolute atomic E-state index is 5.82. The normalized spacial score (nSPS) is 13.3. The fourth-order valence-corrected chi connectivity index (χ4v) is 1.60. The Kier molecular flexibility index (Phi) is 7.69. The molecule has 0 aliphatic carbocycles. The molecule has 0 aliphatic rings. The lowest BCUT2D eigenvalue weighted by molar-refractivity contribution is 0.0427. The molecule has 0 amide bonds. The van der Waals surface area contributed by atoms with Gasteiger partial charge in [-0.15, -0.1) is 0 Å². The van der Waals surface area contributed by atoms with E-state index in [1.165, 1.54) is 0 Å². The van der Waals surface area contributed by atoms with Gasteiger partial charge < -0.3 is 9.47 Å². The zero-order chi connectivity index (χ0) is 15.7. The Hall–Kier alpha value is -1.68. The van der Waals surface area contributed by atoms with Gasteiger partial charge in [0.05, 0.1) is 18.8 Å². The van der Waals surface area contributed by atoms with Crippen molar-refractivity contribution in [1.29, 1.82) is 0 Å². The summed E-state index contributed by atoms with van der Waals surface area (Å²) in [4.78, 5) is 5.23. The summed E-state index contributed by atoms with van der Waals surface area (Å²) < 4.78 is 11.6. The van der Waals surface area contributed by atoms with Gasteiger partial charge in [0.15, 0.2) is 0 Å². The summed E-state index contributed by atoms with van der Waals surface area (Å²) in [5.74, 6) is 1.71.